The van der Waals surface area contributed by atoms with Crippen molar-refractivity contribution in [3.8, 4) is 0 Å². The van der Waals surface area contributed by atoms with Crippen molar-refractivity contribution in [3.05, 3.63) is 94.2 Å². The van der Waals surface area contributed by atoms with Crippen molar-refractivity contribution in [1.82, 2.24) is 10.2 Å². The predicted octanol–water partition coefficient (Wildman–Crippen LogP) is 5.43. The highest BCUT2D eigenvalue weighted by Gasteiger charge is 2.32. The number of sulfonamides is 1. The number of unbranched alkanes of at least 4 members (excludes halogenated alkanes) is 1. The summed E-state index contributed by atoms with van der Waals surface area (Å²) in [5.74, 6) is -1.45. The lowest BCUT2D eigenvalue weighted by atomic mass is 10.1. The first-order chi connectivity index (χ1) is 18.5. The molecule has 208 valence electrons. The van der Waals surface area contributed by atoms with Gasteiger partial charge in [0.2, 0.25) is 11.8 Å². The topological polar surface area (TPSA) is 86.8 Å². The largest absolute Gasteiger partial charge is 0.354 e. The molecule has 39 heavy (non-hydrogen) atoms. The van der Waals surface area contributed by atoms with Crippen LogP contribution in [0.1, 0.15) is 37.8 Å². The molecule has 3 rings (SSSR count). The van der Waals surface area contributed by atoms with E-state index in [-0.39, 0.29) is 23.0 Å². The number of halogens is 2. The number of benzene rings is 3. The van der Waals surface area contributed by atoms with E-state index >= 15 is 0 Å². The Balaban J connectivity index is 1.98. The summed E-state index contributed by atoms with van der Waals surface area (Å²) in [4.78, 5) is 28.0. The van der Waals surface area contributed by atoms with E-state index < -0.39 is 34.3 Å². The third-order valence-electron chi connectivity index (χ3n) is 6.27. The molecular weight excluding hydrogens is 585 g/mol. The van der Waals surface area contributed by atoms with Gasteiger partial charge in [-0.15, -0.1) is 0 Å². The van der Waals surface area contributed by atoms with Crippen molar-refractivity contribution in [2.24, 2.45) is 0 Å². The molecule has 0 bridgehead atoms. The molecule has 3 aromatic carbocycles. The summed E-state index contributed by atoms with van der Waals surface area (Å²) in [6.45, 7) is 5.54. The molecule has 2 amide bonds. The Morgan fingerprint density at radius 3 is 2.18 bits per heavy atom. The maximum absolute atomic E-state index is 13.8. The summed E-state index contributed by atoms with van der Waals surface area (Å²) >= 11 is 3.40. The van der Waals surface area contributed by atoms with Gasteiger partial charge in [0, 0.05) is 17.6 Å². The molecule has 1 N–H and O–H groups in total. The summed E-state index contributed by atoms with van der Waals surface area (Å²) in [7, 11) is -4.24. The maximum atomic E-state index is 13.8. The molecule has 0 aliphatic carbocycles. The van der Waals surface area contributed by atoms with Gasteiger partial charge in [0.05, 0.1) is 10.6 Å². The first-order valence-corrected chi connectivity index (χ1v) is 14.9. The molecule has 0 heterocycles. The van der Waals surface area contributed by atoms with Gasteiger partial charge < -0.3 is 10.2 Å². The molecule has 0 aliphatic rings. The summed E-state index contributed by atoms with van der Waals surface area (Å²) in [5.41, 5.74) is 1.98. The number of rotatable bonds is 12. The molecule has 0 saturated heterocycles. The molecule has 0 aliphatic heterocycles. The first-order valence-electron chi connectivity index (χ1n) is 12.7. The zero-order valence-corrected chi connectivity index (χ0v) is 24.6. The lowest BCUT2D eigenvalue weighted by Gasteiger charge is -2.32. The molecule has 0 radical (unpaired) electrons. The lowest BCUT2D eigenvalue weighted by molar-refractivity contribution is -0.139. The van der Waals surface area contributed by atoms with Gasteiger partial charge >= 0.3 is 0 Å². The molecular formula is C29H33BrFN3O4S. The van der Waals surface area contributed by atoms with E-state index in [4.69, 9.17) is 0 Å². The lowest BCUT2D eigenvalue weighted by Crippen LogP contribution is -2.51. The van der Waals surface area contributed by atoms with E-state index in [0.717, 1.165) is 44.9 Å². The SMILES string of the molecule is CCCCNC(=O)[C@H](C)N(Cc1ccc(Br)cc1)C(=O)CN(c1ccc(C)cc1)S(=O)(=O)c1ccc(F)cc1. The Morgan fingerprint density at radius 1 is 0.974 bits per heavy atom. The van der Waals surface area contributed by atoms with Crippen LogP contribution in [0.5, 0.6) is 0 Å². The highest BCUT2D eigenvalue weighted by atomic mass is 79.9. The average molecular weight is 619 g/mol. The van der Waals surface area contributed by atoms with Crippen LogP contribution in [0.3, 0.4) is 0 Å². The van der Waals surface area contributed by atoms with E-state index in [1.807, 2.05) is 38.1 Å². The van der Waals surface area contributed by atoms with Crippen LogP contribution in [0.4, 0.5) is 10.1 Å². The number of hydrogen-bond acceptors (Lipinski definition) is 4. The Morgan fingerprint density at radius 2 is 1.59 bits per heavy atom. The van der Waals surface area contributed by atoms with E-state index in [2.05, 4.69) is 21.2 Å². The second-order valence-corrected chi connectivity index (χ2v) is 12.0. The van der Waals surface area contributed by atoms with Crippen LogP contribution >= 0.6 is 15.9 Å². The standard InChI is InChI=1S/C29H33BrFN3O4S/c1-4-5-18-32-29(36)22(3)33(19-23-8-10-24(30)11-9-23)28(35)20-34(26-14-6-21(2)7-15-26)39(37,38)27-16-12-25(31)13-17-27/h6-17,22H,4-5,18-20H2,1-3H3,(H,32,36)/t22-/m0/s1. The van der Waals surface area contributed by atoms with Gasteiger partial charge in [-0.2, -0.15) is 0 Å². The maximum Gasteiger partial charge on any atom is 0.264 e. The van der Waals surface area contributed by atoms with Crippen molar-refractivity contribution >= 4 is 43.5 Å². The fourth-order valence-electron chi connectivity index (χ4n) is 3.88. The number of hydrogen-bond donors (Lipinski definition) is 1. The number of carbonyl (C=O) groups is 2. The third-order valence-corrected chi connectivity index (χ3v) is 8.58. The van der Waals surface area contributed by atoms with Crippen LogP contribution in [0.15, 0.2) is 82.2 Å². The molecule has 0 spiro atoms. The van der Waals surface area contributed by atoms with Gasteiger partial charge in [0.15, 0.2) is 0 Å². The zero-order chi connectivity index (χ0) is 28.6. The second kappa shape index (κ2) is 13.7. The van der Waals surface area contributed by atoms with Crippen molar-refractivity contribution in [2.45, 2.75) is 51.1 Å². The minimum absolute atomic E-state index is 0.104. The summed E-state index contributed by atoms with van der Waals surface area (Å²) in [6.07, 6.45) is 1.71. The van der Waals surface area contributed by atoms with Gasteiger partial charge in [-0.1, -0.05) is 59.1 Å². The van der Waals surface area contributed by atoms with Crippen molar-refractivity contribution < 1.29 is 22.4 Å². The van der Waals surface area contributed by atoms with Gasteiger partial charge in [-0.25, -0.2) is 12.8 Å². The highest BCUT2D eigenvalue weighted by Crippen LogP contribution is 2.25. The fraction of sp³-hybridized carbons (Fsp3) is 0.310. The third kappa shape index (κ3) is 8.12. The Hall–Kier alpha value is -3.24. The second-order valence-electron chi connectivity index (χ2n) is 9.27. The smallest absolute Gasteiger partial charge is 0.264 e. The Kier molecular flexibility index (Phi) is 10.7. The quantitative estimate of drug-likeness (QED) is 0.275. The van der Waals surface area contributed by atoms with E-state index in [1.54, 1.807) is 31.2 Å². The van der Waals surface area contributed by atoms with Crippen molar-refractivity contribution in [1.29, 1.82) is 0 Å². The highest BCUT2D eigenvalue weighted by molar-refractivity contribution is 9.10. The first kappa shape index (κ1) is 30.3. The van der Waals surface area contributed by atoms with Crippen LogP contribution in [0, 0.1) is 12.7 Å². The van der Waals surface area contributed by atoms with Crippen molar-refractivity contribution in [3.63, 3.8) is 0 Å². The molecule has 0 aromatic heterocycles. The summed E-state index contributed by atoms with van der Waals surface area (Å²) < 4.78 is 42.8. The van der Waals surface area contributed by atoms with Crippen LogP contribution in [-0.2, 0) is 26.2 Å². The molecule has 10 heteroatoms. The van der Waals surface area contributed by atoms with Crippen LogP contribution in [-0.4, -0.2) is 44.3 Å². The number of nitrogens with one attached hydrogen (secondary N) is 1. The van der Waals surface area contributed by atoms with E-state index in [1.165, 1.54) is 17.0 Å². The Labute approximate surface area is 238 Å². The van der Waals surface area contributed by atoms with Gasteiger partial charge in [0.1, 0.15) is 18.4 Å². The number of carbonyl (C=O) groups excluding carboxylic acids is 2. The molecule has 0 unspecified atom stereocenters. The summed E-state index contributed by atoms with van der Waals surface area (Å²) in [5, 5.41) is 2.86. The number of amides is 2. The minimum atomic E-state index is -4.24. The Bertz CT molecular complexity index is 1370. The predicted molar refractivity (Wildman–Crippen MR) is 154 cm³/mol. The molecule has 7 nitrogen and oxygen atoms in total. The van der Waals surface area contributed by atoms with Gasteiger partial charge in [-0.3, -0.25) is 13.9 Å². The monoisotopic (exact) mass is 617 g/mol. The molecule has 0 fully saturated rings. The van der Waals surface area contributed by atoms with E-state index in [9.17, 15) is 22.4 Å². The number of aryl methyl sites for hydroxylation is 1. The summed E-state index contributed by atoms with van der Waals surface area (Å²) in [6, 6.07) is 17.7. The van der Waals surface area contributed by atoms with Crippen molar-refractivity contribution in [2.75, 3.05) is 17.4 Å². The number of anilines is 1. The average Bonchev–Trinajstić information content (AvgIpc) is 2.91. The van der Waals surface area contributed by atoms with Crippen LogP contribution in [0.2, 0.25) is 0 Å². The molecule has 3 aromatic rings. The molecule has 0 saturated carbocycles. The van der Waals surface area contributed by atoms with Gasteiger partial charge in [-0.05, 0) is 74.4 Å². The van der Waals surface area contributed by atoms with Gasteiger partial charge in [0.25, 0.3) is 10.0 Å². The fourth-order valence-corrected chi connectivity index (χ4v) is 5.56. The minimum Gasteiger partial charge on any atom is -0.354 e. The normalized spacial score (nSPS) is 12.0. The van der Waals surface area contributed by atoms with Crippen LogP contribution in [0.25, 0.3) is 0 Å². The van der Waals surface area contributed by atoms with E-state index in [0.29, 0.717) is 6.54 Å². The zero-order valence-electron chi connectivity index (χ0n) is 22.2. The van der Waals surface area contributed by atoms with Crippen LogP contribution < -0.4 is 9.62 Å². The number of nitrogens with zero attached hydrogens (tertiary/aromatic N) is 2. The molecule has 1 atom stereocenters.